The van der Waals surface area contributed by atoms with Gasteiger partial charge < -0.3 is 10.6 Å². The van der Waals surface area contributed by atoms with Crippen molar-refractivity contribution in [3.05, 3.63) is 45.9 Å². The number of hydrogen-bond acceptors (Lipinski definition) is 4. The number of rotatable bonds is 5. The predicted octanol–water partition coefficient (Wildman–Crippen LogP) is 4.38. The quantitative estimate of drug-likeness (QED) is 0.843. The maximum absolute atomic E-state index is 12.6. The number of nitrogens with zero attached hydrogens (tertiary/aromatic N) is 2. The summed E-state index contributed by atoms with van der Waals surface area (Å²) in [5.74, 6) is 1.36. The molecule has 0 saturated carbocycles. The van der Waals surface area contributed by atoms with Crippen molar-refractivity contribution in [2.75, 3.05) is 17.2 Å². The number of halogens is 1. The Morgan fingerprint density at radius 2 is 1.88 bits per heavy atom. The number of amides is 1. The number of benzene rings is 1. The van der Waals surface area contributed by atoms with E-state index in [1.807, 2.05) is 26.0 Å². The van der Waals surface area contributed by atoms with E-state index in [1.165, 1.54) is 0 Å². The van der Waals surface area contributed by atoms with Crippen molar-refractivity contribution in [3.63, 3.8) is 0 Å². The Morgan fingerprint density at radius 3 is 2.50 bits per heavy atom. The summed E-state index contributed by atoms with van der Waals surface area (Å²) in [4.78, 5) is 21.1. The number of carbonyl (C=O) groups excluding carboxylic acids is 1. The van der Waals surface area contributed by atoms with Gasteiger partial charge >= 0.3 is 0 Å². The lowest BCUT2D eigenvalue weighted by Crippen LogP contribution is -2.17. The van der Waals surface area contributed by atoms with Crippen molar-refractivity contribution in [1.82, 2.24) is 9.97 Å². The van der Waals surface area contributed by atoms with Crippen LogP contribution in [-0.4, -0.2) is 22.4 Å². The molecule has 0 saturated heterocycles. The molecule has 1 aromatic carbocycles. The monoisotopic (exact) mass is 346 g/mol. The van der Waals surface area contributed by atoms with Gasteiger partial charge in [-0.25, -0.2) is 9.97 Å². The van der Waals surface area contributed by atoms with Gasteiger partial charge in [0, 0.05) is 12.6 Å². The lowest BCUT2D eigenvalue weighted by Gasteiger charge is -2.13. The van der Waals surface area contributed by atoms with E-state index in [4.69, 9.17) is 11.6 Å². The Hall–Kier alpha value is -2.14. The summed E-state index contributed by atoms with van der Waals surface area (Å²) in [6, 6.07) is 5.45. The van der Waals surface area contributed by atoms with Crippen molar-refractivity contribution >= 4 is 29.0 Å². The third-order valence-corrected chi connectivity index (χ3v) is 3.73. The fourth-order valence-electron chi connectivity index (χ4n) is 2.33. The van der Waals surface area contributed by atoms with Gasteiger partial charge in [0.05, 0.1) is 10.7 Å². The molecule has 0 unspecified atom stereocenters. The number of anilines is 2. The molecule has 5 nitrogen and oxygen atoms in total. The first kappa shape index (κ1) is 18.2. The van der Waals surface area contributed by atoms with E-state index in [2.05, 4.69) is 34.4 Å². The van der Waals surface area contributed by atoms with Gasteiger partial charge in [-0.05, 0) is 43.9 Å². The zero-order valence-corrected chi connectivity index (χ0v) is 15.5. The van der Waals surface area contributed by atoms with Gasteiger partial charge in [-0.2, -0.15) is 0 Å². The van der Waals surface area contributed by atoms with Crippen LogP contribution in [0.3, 0.4) is 0 Å². The summed E-state index contributed by atoms with van der Waals surface area (Å²) in [6.45, 7) is 10.6. The highest BCUT2D eigenvalue weighted by atomic mass is 35.5. The molecule has 2 rings (SSSR count). The molecule has 0 atom stereocenters. The summed E-state index contributed by atoms with van der Waals surface area (Å²) < 4.78 is 0. The van der Waals surface area contributed by atoms with E-state index in [0.717, 1.165) is 17.7 Å². The van der Waals surface area contributed by atoms with Gasteiger partial charge in [-0.1, -0.05) is 31.5 Å². The minimum atomic E-state index is -0.304. The second kappa shape index (κ2) is 7.62. The minimum Gasteiger partial charge on any atom is -0.370 e. The van der Waals surface area contributed by atoms with Gasteiger partial charge in [-0.3, -0.25) is 4.79 Å². The Bertz CT molecular complexity index is 736. The Morgan fingerprint density at radius 1 is 1.17 bits per heavy atom. The average molecular weight is 347 g/mol. The zero-order valence-electron chi connectivity index (χ0n) is 14.7. The van der Waals surface area contributed by atoms with Crippen LogP contribution in [0.25, 0.3) is 0 Å². The van der Waals surface area contributed by atoms with Crippen LogP contribution in [0.5, 0.6) is 0 Å². The van der Waals surface area contributed by atoms with Gasteiger partial charge in [0.1, 0.15) is 17.3 Å². The van der Waals surface area contributed by atoms with Crippen molar-refractivity contribution in [2.24, 2.45) is 5.92 Å². The van der Waals surface area contributed by atoms with E-state index in [9.17, 15) is 4.79 Å². The standard InChI is InChI=1S/C18H23ClN4O/c1-10(2)9-20-16-8-15(21-13(5)22-16)18(24)23-17-12(4)6-11(3)7-14(17)19/h6-8,10H,9H2,1-5H3,(H,23,24)(H,20,21,22). The lowest BCUT2D eigenvalue weighted by atomic mass is 10.1. The summed E-state index contributed by atoms with van der Waals surface area (Å²) in [6.07, 6.45) is 0. The molecule has 0 aliphatic carbocycles. The molecule has 0 spiro atoms. The molecule has 2 aromatic rings. The van der Waals surface area contributed by atoms with E-state index >= 15 is 0 Å². The number of aryl methyl sites for hydroxylation is 3. The largest absolute Gasteiger partial charge is 0.370 e. The molecule has 0 fully saturated rings. The van der Waals surface area contributed by atoms with Gasteiger partial charge in [-0.15, -0.1) is 0 Å². The predicted molar refractivity (Wildman–Crippen MR) is 99.0 cm³/mol. The summed E-state index contributed by atoms with van der Waals surface area (Å²) >= 11 is 6.25. The van der Waals surface area contributed by atoms with Crippen LogP contribution in [0.15, 0.2) is 18.2 Å². The fourth-order valence-corrected chi connectivity index (χ4v) is 2.70. The van der Waals surface area contributed by atoms with Crippen LogP contribution >= 0.6 is 11.6 Å². The van der Waals surface area contributed by atoms with Crippen molar-refractivity contribution in [1.29, 1.82) is 0 Å². The molecule has 0 aliphatic rings. The first-order chi connectivity index (χ1) is 11.3. The average Bonchev–Trinajstić information content (AvgIpc) is 2.48. The molecule has 2 N–H and O–H groups in total. The lowest BCUT2D eigenvalue weighted by molar-refractivity contribution is 0.102. The van der Waals surface area contributed by atoms with E-state index < -0.39 is 0 Å². The second-order valence-corrected chi connectivity index (χ2v) is 6.76. The first-order valence-electron chi connectivity index (χ1n) is 7.94. The Labute approximate surface area is 147 Å². The van der Waals surface area contributed by atoms with Crippen LogP contribution < -0.4 is 10.6 Å². The van der Waals surface area contributed by atoms with Crippen molar-refractivity contribution in [2.45, 2.75) is 34.6 Å². The fraction of sp³-hybridized carbons (Fsp3) is 0.389. The number of carbonyl (C=O) groups is 1. The number of hydrogen-bond donors (Lipinski definition) is 2. The molecule has 6 heteroatoms. The maximum atomic E-state index is 12.6. The normalized spacial score (nSPS) is 10.8. The molecule has 128 valence electrons. The SMILES string of the molecule is Cc1cc(C)c(NC(=O)c2cc(NCC(C)C)nc(C)n2)c(Cl)c1. The molecule has 0 aliphatic heterocycles. The van der Waals surface area contributed by atoms with Gasteiger partial charge in [0.2, 0.25) is 0 Å². The first-order valence-corrected chi connectivity index (χ1v) is 8.31. The molecule has 24 heavy (non-hydrogen) atoms. The zero-order chi connectivity index (χ0) is 17.9. The molecule has 1 amide bonds. The molecule has 1 heterocycles. The molecule has 1 aromatic heterocycles. The highest BCUT2D eigenvalue weighted by Crippen LogP contribution is 2.27. The number of aromatic nitrogens is 2. The molecular weight excluding hydrogens is 324 g/mol. The Balaban J connectivity index is 2.24. The van der Waals surface area contributed by atoms with Crippen molar-refractivity contribution < 1.29 is 4.79 Å². The third-order valence-electron chi connectivity index (χ3n) is 3.43. The highest BCUT2D eigenvalue weighted by molar-refractivity contribution is 6.34. The minimum absolute atomic E-state index is 0.304. The van der Waals surface area contributed by atoms with Gasteiger partial charge in [0.15, 0.2) is 0 Å². The topological polar surface area (TPSA) is 66.9 Å². The summed E-state index contributed by atoms with van der Waals surface area (Å²) in [5.41, 5.74) is 2.89. The van der Waals surface area contributed by atoms with E-state index in [-0.39, 0.29) is 5.91 Å². The van der Waals surface area contributed by atoms with Gasteiger partial charge in [0.25, 0.3) is 5.91 Å². The van der Waals surface area contributed by atoms with Crippen LogP contribution in [0.4, 0.5) is 11.5 Å². The van der Waals surface area contributed by atoms with Crippen LogP contribution in [0.2, 0.25) is 5.02 Å². The summed E-state index contributed by atoms with van der Waals surface area (Å²) in [5, 5.41) is 6.59. The number of nitrogens with one attached hydrogen (secondary N) is 2. The third kappa shape index (κ3) is 4.68. The smallest absolute Gasteiger partial charge is 0.274 e. The van der Waals surface area contributed by atoms with Crippen LogP contribution in [-0.2, 0) is 0 Å². The Kier molecular flexibility index (Phi) is 5.78. The second-order valence-electron chi connectivity index (χ2n) is 6.35. The molecule has 0 bridgehead atoms. The van der Waals surface area contributed by atoms with Crippen LogP contribution in [0, 0.1) is 26.7 Å². The summed E-state index contributed by atoms with van der Waals surface area (Å²) in [7, 11) is 0. The van der Waals surface area contributed by atoms with E-state index in [0.29, 0.717) is 34.0 Å². The van der Waals surface area contributed by atoms with E-state index in [1.54, 1.807) is 13.0 Å². The van der Waals surface area contributed by atoms with Crippen molar-refractivity contribution in [3.8, 4) is 0 Å². The molecule has 0 radical (unpaired) electrons. The highest BCUT2D eigenvalue weighted by Gasteiger charge is 2.14. The molecular formula is C18H23ClN4O. The van der Waals surface area contributed by atoms with Crippen LogP contribution in [0.1, 0.15) is 41.3 Å². The maximum Gasteiger partial charge on any atom is 0.274 e.